The van der Waals surface area contributed by atoms with Crippen LogP contribution in [0.5, 0.6) is 0 Å². The van der Waals surface area contributed by atoms with Gasteiger partial charge in [0.15, 0.2) is 0 Å². The number of rotatable bonds is 6. The maximum absolute atomic E-state index is 11.7. The van der Waals surface area contributed by atoms with Crippen molar-refractivity contribution in [3.05, 3.63) is 35.4 Å². The lowest BCUT2D eigenvalue weighted by molar-refractivity contribution is -0.124. The van der Waals surface area contributed by atoms with Crippen LogP contribution in [-0.2, 0) is 16.0 Å². The number of carbonyl (C=O) groups excluding carboxylic acids is 2. The quantitative estimate of drug-likeness (QED) is 0.762. The number of hydrogen-bond acceptors (Lipinski definition) is 2. The highest BCUT2D eigenvalue weighted by molar-refractivity contribution is 5.79. The van der Waals surface area contributed by atoms with Crippen LogP contribution in [-0.4, -0.2) is 24.9 Å². The maximum atomic E-state index is 11.7. The van der Waals surface area contributed by atoms with Crippen LogP contribution in [0.25, 0.3) is 0 Å². The summed E-state index contributed by atoms with van der Waals surface area (Å²) in [6, 6.07) is 7.83. The molecule has 0 heterocycles. The molecule has 0 aliphatic heterocycles. The highest BCUT2D eigenvalue weighted by atomic mass is 16.2. The first kappa shape index (κ1) is 15.2. The van der Waals surface area contributed by atoms with Crippen LogP contribution in [0.2, 0.25) is 0 Å². The molecule has 0 unspecified atom stereocenters. The molecule has 1 rings (SSSR count). The van der Waals surface area contributed by atoms with E-state index in [0.29, 0.717) is 19.5 Å². The van der Waals surface area contributed by atoms with E-state index < -0.39 is 0 Å². The minimum Gasteiger partial charge on any atom is -0.354 e. The van der Waals surface area contributed by atoms with Gasteiger partial charge in [-0.3, -0.25) is 9.59 Å². The van der Waals surface area contributed by atoms with Gasteiger partial charge >= 0.3 is 0 Å². The number of nitrogens with one attached hydrogen (secondary N) is 2. The molecule has 19 heavy (non-hydrogen) atoms. The molecule has 0 atom stereocenters. The van der Waals surface area contributed by atoms with Gasteiger partial charge in [-0.2, -0.15) is 0 Å². The molecule has 1 aromatic carbocycles. The third-order valence-corrected chi connectivity index (χ3v) is 2.88. The Morgan fingerprint density at radius 3 is 2.37 bits per heavy atom. The Morgan fingerprint density at radius 2 is 1.74 bits per heavy atom. The lowest BCUT2D eigenvalue weighted by Crippen LogP contribution is -2.36. The van der Waals surface area contributed by atoms with E-state index in [9.17, 15) is 9.59 Å². The molecule has 1 aromatic rings. The molecule has 0 spiro atoms. The molecule has 0 aliphatic carbocycles. The molecule has 4 nitrogen and oxygen atoms in total. The van der Waals surface area contributed by atoms with Gasteiger partial charge < -0.3 is 10.6 Å². The average molecular weight is 262 g/mol. The lowest BCUT2D eigenvalue weighted by atomic mass is 10.1. The van der Waals surface area contributed by atoms with Crippen molar-refractivity contribution in [1.82, 2.24) is 10.6 Å². The predicted octanol–water partition coefficient (Wildman–Crippen LogP) is 1.43. The second-order valence-electron chi connectivity index (χ2n) is 4.90. The fraction of sp³-hybridized carbons (Fsp3) is 0.467. The molecule has 4 heteroatoms. The number of amides is 2. The molecule has 0 saturated heterocycles. The van der Waals surface area contributed by atoms with E-state index in [1.807, 2.05) is 45.0 Å². The largest absolute Gasteiger partial charge is 0.354 e. The summed E-state index contributed by atoms with van der Waals surface area (Å²) in [6.07, 6.45) is 0.380. The van der Waals surface area contributed by atoms with E-state index in [4.69, 9.17) is 0 Å². The third kappa shape index (κ3) is 5.55. The molecule has 0 radical (unpaired) electrons. The van der Waals surface area contributed by atoms with Crippen LogP contribution in [0.15, 0.2) is 24.3 Å². The first-order chi connectivity index (χ1) is 9.00. The van der Waals surface area contributed by atoms with E-state index >= 15 is 0 Å². The van der Waals surface area contributed by atoms with Gasteiger partial charge in [0.05, 0.1) is 6.42 Å². The molecular weight excluding hydrogens is 240 g/mol. The summed E-state index contributed by atoms with van der Waals surface area (Å²) in [6.45, 7) is 6.60. The molecule has 0 aliphatic rings. The van der Waals surface area contributed by atoms with E-state index in [-0.39, 0.29) is 17.7 Å². The van der Waals surface area contributed by atoms with E-state index in [0.717, 1.165) is 11.1 Å². The van der Waals surface area contributed by atoms with Crippen LogP contribution in [0.3, 0.4) is 0 Å². The molecule has 0 fully saturated rings. The number of hydrogen-bond donors (Lipinski definition) is 2. The normalized spacial score (nSPS) is 10.3. The SMILES string of the molecule is Cc1ccccc1CC(=O)NCCNC(=O)C(C)C. The highest BCUT2D eigenvalue weighted by Gasteiger charge is 2.07. The number of aryl methyl sites for hydroxylation is 1. The van der Waals surface area contributed by atoms with Gasteiger partial charge in [0, 0.05) is 19.0 Å². The first-order valence-corrected chi connectivity index (χ1v) is 6.59. The maximum Gasteiger partial charge on any atom is 0.224 e. The summed E-state index contributed by atoms with van der Waals surface area (Å²) in [4.78, 5) is 23.0. The topological polar surface area (TPSA) is 58.2 Å². The monoisotopic (exact) mass is 262 g/mol. The molecule has 2 amide bonds. The average Bonchev–Trinajstić information content (AvgIpc) is 2.37. The highest BCUT2D eigenvalue weighted by Crippen LogP contribution is 2.07. The Bertz CT molecular complexity index is 442. The second-order valence-corrected chi connectivity index (χ2v) is 4.90. The zero-order valence-electron chi connectivity index (χ0n) is 11.8. The van der Waals surface area contributed by atoms with Crippen LogP contribution in [0.4, 0.5) is 0 Å². The standard InChI is InChI=1S/C15H22N2O2/c1-11(2)15(19)17-9-8-16-14(18)10-13-7-5-4-6-12(13)3/h4-7,11H,8-10H2,1-3H3,(H,16,18)(H,17,19). The molecule has 104 valence electrons. The summed E-state index contributed by atoms with van der Waals surface area (Å²) in [7, 11) is 0. The zero-order valence-corrected chi connectivity index (χ0v) is 11.8. The van der Waals surface area contributed by atoms with Gasteiger partial charge in [-0.25, -0.2) is 0 Å². The van der Waals surface area contributed by atoms with E-state index in [1.54, 1.807) is 0 Å². The van der Waals surface area contributed by atoms with Gasteiger partial charge in [-0.1, -0.05) is 38.1 Å². The Hall–Kier alpha value is -1.84. The molecule has 0 aromatic heterocycles. The molecule has 0 saturated carbocycles. The first-order valence-electron chi connectivity index (χ1n) is 6.59. The van der Waals surface area contributed by atoms with E-state index in [2.05, 4.69) is 10.6 Å². The lowest BCUT2D eigenvalue weighted by Gasteiger charge is -2.09. The van der Waals surface area contributed by atoms with Crippen molar-refractivity contribution in [2.24, 2.45) is 5.92 Å². The van der Waals surface area contributed by atoms with Crippen molar-refractivity contribution in [2.75, 3.05) is 13.1 Å². The van der Waals surface area contributed by atoms with Crippen LogP contribution < -0.4 is 10.6 Å². The Kier molecular flexibility index (Phi) is 6.06. The number of benzene rings is 1. The van der Waals surface area contributed by atoms with Crippen molar-refractivity contribution in [1.29, 1.82) is 0 Å². The molecular formula is C15H22N2O2. The van der Waals surface area contributed by atoms with Gasteiger partial charge in [-0.05, 0) is 18.1 Å². The molecule has 0 bridgehead atoms. The van der Waals surface area contributed by atoms with Crippen LogP contribution >= 0.6 is 0 Å². The summed E-state index contributed by atoms with van der Waals surface area (Å²) < 4.78 is 0. The summed E-state index contributed by atoms with van der Waals surface area (Å²) in [5.41, 5.74) is 2.15. The van der Waals surface area contributed by atoms with Gasteiger partial charge in [0.2, 0.25) is 11.8 Å². The van der Waals surface area contributed by atoms with Gasteiger partial charge in [-0.15, -0.1) is 0 Å². The van der Waals surface area contributed by atoms with Crippen molar-refractivity contribution in [3.63, 3.8) is 0 Å². The third-order valence-electron chi connectivity index (χ3n) is 2.88. The predicted molar refractivity (Wildman–Crippen MR) is 75.7 cm³/mol. The van der Waals surface area contributed by atoms with Gasteiger partial charge in [0.25, 0.3) is 0 Å². The minimum atomic E-state index is -0.0253. The zero-order chi connectivity index (χ0) is 14.3. The summed E-state index contributed by atoms with van der Waals surface area (Å²) >= 11 is 0. The Morgan fingerprint density at radius 1 is 1.11 bits per heavy atom. The van der Waals surface area contributed by atoms with Crippen molar-refractivity contribution in [2.45, 2.75) is 27.2 Å². The summed E-state index contributed by atoms with van der Waals surface area (Å²) in [5.74, 6) is -0.0380. The van der Waals surface area contributed by atoms with Crippen molar-refractivity contribution >= 4 is 11.8 Å². The van der Waals surface area contributed by atoms with Gasteiger partial charge in [0.1, 0.15) is 0 Å². The van der Waals surface area contributed by atoms with Crippen LogP contribution in [0, 0.1) is 12.8 Å². The summed E-state index contributed by atoms with van der Waals surface area (Å²) in [5, 5.41) is 5.56. The Labute approximate surface area is 114 Å². The van der Waals surface area contributed by atoms with E-state index in [1.165, 1.54) is 0 Å². The minimum absolute atomic E-state index is 0.00755. The number of carbonyl (C=O) groups is 2. The fourth-order valence-electron chi connectivity index (χ4n) is 1.64. The second kappa shape index (κ2) is 7.56. The smallest absolute Gasteiger partial charge is 0.224 e. The van der Waals surface area contributed by atoms with Crippen molar-refractivity contribution < 1.29 is 9.59 Å². The van der Waals surface area contributed by atoms with Crippen molar-refractivity contribution in [3.8, 4) is 0 Å². The Balaban J connectivity index is 2.26. The molecule has 2 N–H and O–H groups in total. The van der Waals surface area contributed by atoms with Crippen LogP contribution in [0.1, 0.15) is 25.0 Å². The fourth-order valence-corrected chi connectivity index (χ4v) is 1.64.